The zero-order valence-electron chi connectivity index (χ0n) is 12.3. The number of nitrogens with two attached hydrogens (primary N) is 1. The summed E-state index contributed by atoms with van der Waals surface area (Å²) in [6.45, 7) is 6.08. The number of thioether (sulfide) groups is 1. The Morgan fingerprint density at radius 2 is 2.14 bits per heavy atom. The van der Waals surface area contributed by atoms with Gasteiger partial charge in [0.15, 0.2) is 0 Å². The van der Waals surface area contributed by atoms with E-state index < -0.39 is 0 Å². The fraction of sp³-hybridized carbons (Fsp3) is 0.467. The second-order valence-corrected chi connectivity index (χ2v) is 7.27. The average Bonchev–Trinajstić information content (AvgIpc) is 2.47. The Labute approximate surface area is 135 Å². The first-order valence-electron chi connectivity index (χ1n) is 7.03. The highest BCUT2D eigenvalue weighted by Crippen LogP contribution is 2.20. The maximum atomic E-state index is 12.3. The zero-order chi connectivity index (χ0) is 15.4. The molecular weight excluding hydrogens is 302 g/mol. The third kappa shape index (κ3) is 4.43. The summed E-state index contributed by atoms with van der Waals surface area (Å²) in [5, 5.41) is 3.53. The Morgan fingerprint density at radius 3 is 2.71 bits per heavy atom. The molecule has 114 valence electrons. The lowest BCUT2D eigenvalue weighted by Gasteiger charge is -2.34. The molecule has 2 atom stereocenters. The van der Waals surface area contributed by atoms with E-state index in [1.54, 1.807) is 0 Å². The number of carbonyl (C=O) groups is 1. The van der Waals surface area contributed by atoms with Crippen LogP contribution in [0.4, 0.5) is 5.69 Å². The second kappa shape index (κ2) is 7.24. The molecule has 1 amide bonds. The van der Waals surface area contributed by atoms with Crippen LogP contribution in [0.15, 0.2) is 24.3 Å². The van der Waals surface area contributed by atoms with E-state index in [-0.39, 0.29) is 11.9 Å². The third-order valence-electron chi connectivity index (χ3n) is 3.64. The molecule has 1 aromatic rings. The minimum Gasteiger partial charge on any atom is -0.389 e. The standard InChI is InChI=1S/C15H21N3OS2/c1-10-9-18(7-8-21-10)11(2)15(19)17-13-5-3-12(4-6-13)14(16)20/h3-6,10-11H,7-9H2,1-2H3,(H2,16,20)(H,17,19). The zero-order valence-corrected chi connectivity index (χ0v) is 14.0. The fourth-order valence-electron chi connectivity index (χ4n) is 2.33. The highest BCUT2D eigenvalue weighted by Gasteiger charge is 2.25. The van der Waals surface area contributed by atoms with Crippen LogP contribution >= 0.6 is 24.0 Å². The molecule has 2 unspecified atom stereocenters. The van der Waals surface area contributed by atoms with Crippen molar-refractivity contribution in [3.8, 4) is 0 Å². The van der Waals surface area contributed by atoms with E-state index in [0.29, 0.717) is 10.2 Å². The molecule has 4 nitrogen and oxygen atoms in total. The van der Waals surface area contributed by atoms with Gasteiger partial charge in [-0.15, -0.1) is 0 Å². The Hall–Kier alpha value is -1.11. The monoisotopic (exact) mass is 323 g/mol. The van der Waals surface area contributed by atoms with Gasteiger partial charge in [-0.2, -0.15) is 11.8 Å². The van der Waals surface area contributed by atoms with Gasteiger partial charge in [-0.1, -0.05) is 19.1 Å². The fourth-order valence-corrected chi connectivity index (χ4v) is 3.50. The summed E-state index contributed by atoms with van der Waals surface area (Å²) in [5.74, 6) is 1.11. The van der Waals surface area contributed by atoms with Gasteiger partial charge >= 0.3 is 0 Å². The minimum atomic E-state index is -0.122. The third-order valence-corrected chi connectivity index (χ3v) is 5.01. The maximum absolute atomic E-state index is 12.3. The van der Waals surface area contributed by atoms with E-state index in [1.165, 1.54) is 0 Å². The summed E-state index contributed by atoms with van der Waals surface area (Å²) < 4.78 is 0. The van der Waals surface area contributed by atoms with Crippen molar-refractivity contribution in [3.63, 3.8) is 0 Å². The van der Waals surface area contributed by atoms with Gasteiger partial charge in [-0.05, 0) is 31.2 Å². The van der Waals surface area contributed by atoms with Gasteiger partial charge in [0.25, 0.3) is 0 Å². The number of hydrogen-bond donors (Lipinski definition) is 2. The van der Waals surface area contributed by atoms with E-state index in [2.05, 4.69) is 17.1 Å². The van der Waals surface area contributed by atoms with Gasteiger partial charge in [-0.3, -0.25) is 9.69 Å². The van der Waals surface area contributed by atoms with Crippen molar-refractivity contribution in [2.24, 2.45) is 5.73 Å². The molecule has 1 aliphatic rings. The normalized spacial score (nSPS) is 20.8. The molecule has 0 spiro atoms. The van der Waals surface area contributed by atoms with Crippen LogP contribution in [-0.4, -0.2) is 45.9 Å². The molecule has 1 fully saturated rings. The number of nitrogens with one attached hydrogen (secondary N) is 1. The number of thiocarbonyl (C=S) groups is 1. The van der Waals surface area contributed by atoms with Crippen molar-refractivity contribution in [1.82, 2.24) is 4.90 Å². The molecule has 1 aliphatic heterocycles. The van der Waals surface area contributed by atoms with Crippen LogP contribution < -0.4 is 11.1 Å². The average molecular weight is 323 g/mol. The quantitative estimate of drug-likeness (QED) is 0.831. The summed E-state index contributed by atoms with van der Waals surface area (Å²) in [6, 6.07) is 7.18. The highest BCUT2D eigenvalue weighted by molar-refractivity contribution is 7.99. The molecule has 0 radical (unpaired) electrons. The molecule has 6 heteroatoms. The maximum Gasteiger partial charge on any atom is 0.241 e. The summed E-state index contributed by atoms with van der Waals surface area (Å²) in [6.07, 6.45) is 0. The molecule has 1 saturated heterocycles. The smallest absolute Gasteiger partial charge is 0.241 e. The van der Waals surface area contributed by atoms with Crippen LogP contribution in [-0.2, 0) is 4.79 Å². The van der Waals surface area contributed by atoms with Crippen LogP contribution in [0.25, 0.3) is 0 Å². The van der Waals surface area contributed by atoms with Gasteiger partial charge < -0.3 is 11.1 Å². The summed E-state index contributed by atoms with van der Waals surface area (Å²) in [7, 11) is 0. The van der Waals surface area contributed by atoms with Crippen LogP contribution in [0.2, 0.25) is 0 Å². The van der Waals surface area contributed by atoms with Crippen molar-refractivity contribution in [3.05, 3.63) is 29.8 Å². The lowest BCUT2D eigenvalue weighted by Crippen LogP contribution is -2.47. The number of carbonyl (C=O) groups excluding carboxylic acids is 1. The summed E-state index contributed by atoms with van der Waals surface area (Å²) in [4.78, 5) is 14.9. The Kier molecular flexibility index (Phi) is 5.61. The molecular formula is C15H21N3OS2. The molecule has 2 rings (SSSR count). The first-order chi connectivity index (χ1) is 9.97. The Morgan fingerprint density at radius 1 is 1.48 bits per heavy atom. The van der Waals surface area contributed by atoms with E-state index in [4.69, 9.17) is 18.0 Å². The van der Waals surface area contributed by atoms with Crippen molar-refractivity contribution in [2.45, 2.75) is 25.1 Å². The van der Waals surface area contributed by atoms with Crippen LogP contribution in [0.1, 0.15) is 19.4 Å². The van der Waals surface area contributed by atoms with E-state index in [1.807, 2.05) is 43.0 Å². The van der Waals surface area contributed by atoms with Gasteiger partial charge in [-0.25, -0.2) is 0 Å². The number of anilines is 1. The SMILES string of the molecule is CC1CN(C(C)C(=O)Nc2ccc(C(N)=S)cc2)CCS1. The first-order valence-corrected chi connectivity index (χ1v) is 8.49. The number of hydrogen-bond acceptors (Lipinski definition) is 4. The van der Waals surface area contributed by atoms with Crippen molar-refractivity contribution in [2.75, 3.05) is 24.2 Å². The number of benzene rings is 1. The van der Waals surface area contributed by atoms with Gasteiger partial charge in [0.1, 0.15) is 4.99 Å². The molecule has 0 aliphatic carbocycles. The molecule has 0 aromatic heterocycles. The summed E-state index contributed by atoms with van der Waals surface area (Å²) >= 11 is 6.87. The predicted molar refractivity (Wildman–Crippen MR) is 93.9 cm³/mol. The van der Waals surface area contributed by atoms with Crippen LogP contribution in [0.3, 0.4) is 0 Å². The molecule has 1 aromatic carbocycles. The van der Waals surface area contributed by atoms with Crippen LogP contribution in [0, 0.1) is 0 Å². The van der Waals surface area contributed by atoms with E-state index in [0.717, 1.165) is 30.1 Å². The Balaban J connectivity index is 1.95. The molecule has 3 N–H and O–H groups in total. The van der Waals surface area contributed by atoms with Crippen LogP contribution in [0.5, 0.6) is 0 Å². The largest absolute Gasteiger partial charge is 0.389 e. The molecule has 1 heterocycles. The van der Waals surface area contributed by atoms with Gasteiger partial charge in [0, 0.05) is 35.3 Å². The molecule has 0 bridgehead atoms. The van der Waals surface area contributed by atoms with E-state index >= 15 is 0 Å². The van der Waals surface area contributed by atoms with Gasteiger partial charge in [0.2, 0.25) is 5.91 Å². The Bertz CT molecular complexity index is 518. The first kappa shape index (κ1) is 16.3. The number of nitrogens with zero attached hydrogens (tertiary/aromatic N) is 1. The lowest BCUT2D eigenvalue weighted by molar-refractivity contribution is -0.120. The van der Waals surface area contributed by atoms with E-state index in [9.17, 15) is 4.79 Å². The molecule has 21 heavy (non-hydrogen) atoms. The second-order valence-electron chi connectivity index (χ2n) is 5.28. The van der Waals surface area contributed by atoms with Crippen molar-refractivity contribution in [1.29, 1.82) is 0 Å². The number of rotatable bonds is 4. The minimum absolute atomic E-state index is 0.0252. The topological polar surface area (TPSA) is 58.4 Å². The van der Waals surface area contributed by atoms with Gasteiger partial charge in [0.05, 0.1) is 6.04 Å². The summed E-state index contributed by atoms with van der Waals surface area (Å²) in [5.41, 5.74) is 7.13. The predicted octanol–water partition coefficient (Wildman–Crippen LogP) is 2.09. The van der Waals surface area contributed by atoms with Crippen molar-refractivity contribution >= 4 is 40.6 Å². The van der Waals surface area contributed by atoms with Crippen molar-refractivity contribution < 1.29 is 4.79 Å². The molecule has 0 saturated carbocycles. The lowest BCUT2D eigenvalue weighted by atomic mass is 10.2. The number of amides is 1. The highest BCUT2D eigenvalue weighted by atomic mass is 32.2.